The molecule has 47 valence electrons. The first-order chi connectivity index (χ1) is 3.81. The van der Waals surface area contributed by atoms with Gasteiger partial charge in [0.2, 0.25) is 0 Å². The molecule has 0 saturated heterocycles. The topological polar surface area (TPSA) is 20.2 Å². The molecule has 0 aliphatic heterocycles. The van der Waals surface area contributed by atoms with Crippen molar-refractivity contribution in [2.75, 3.05) is 6.61 Å². The van der Waals surface area contributed by atoms with Crippen LogP contribution < -0.4 is 0 Å². The van der Waals surface area contributed by atoms with E-state index in [1.54, 1.807) is 0 Å². The van der Waals surface area contributed by atoms with Gasteiger partial charge in [0.15, 0.2) is 0 Å². The highest BCUT2D eigenvalue weighted by Crippen LogP contribution is 1.94. The van der Waals surface area contributed by atoms with Crippen molar-refractivity contribution in [2.24, 2.45) is 5.92 Å². The summed E-state index contributed by atoms with van der Waals surface area (Å²) in [5.41, 5.74) is 0. The van der Waals surface area contributed by atoms with E-state index in [2.05, 4.69) is 6.92 Å². The maximum absolute atomic E-state index is 8.49. The second-order valence-electron chi connectivity index (χ2n) is 1.88. The minimum Gasteiger partial charge on any atom is -0.396 e. The van der Waals surface area contributed by atoms with Crippen molar-refractivity contribution in [1.82, 2.24) is 0 Å². The van der Waals surface area contributed by atoms with E-state index in [0.717, 1.165) is 6.42 Å². The molecule has 1 nitrogen and oxygen atoms in total. The van der Waals surface area contributed by atoms with Crippen LogP contribution in [0.2, 0.25) is 0 Å². The van der Waals surface area contributed by atoms with Crippen molar-refractivity contribution in [1.29, 1.82) is 0 Å². The third-order valence-electron chi connectivity index (χ3n) is 0.919. The molecule has 1 unspecified atom stereocenters. The number of rotatable bonds is 3. The Morgan fingerprint density at radius 1 is 1.75 bits per heavy atom. The SMILES string of the molecule is [CH2]C/C=C/C(C)CO. The van der Waals surface area contributed by atoms with Crippen molar-refractivity contribution in [2.45, 2.75) is 13.3 Å². The van der Waals surface area contributed by atoms with E-state index in [9.17, 15) is 0 Å². The van der Waals surface area contributed by atoms with Crippen LogP contribution in [0, 0.1) is 12.8 Å². The standard InChI is InChI=1S/C7H13O/c1-3-4-5-7(2)6-8/h4-5,7-8H,1,3,6H2,2H3/b5-4+. The highest BCUT2D eigenvalue weighted by atomic mass is 16.3. The van der Waals surface area contributed by atoms with Crippen LogP contribution in [0.5, 0.6) is 0 Å². The van der Waals surface area contributed by atoms with Crippen molar-refractivity contribution >= 4 is 0 Å². The van der Waals surface area contributed by atoms with Crippen molar-refractivity contribution in [3.05, 3.63) is 19.1 Å². The minimum absolute atomic E-state index is 0.233. The number of hydrogen-bond acceptors (Lipinski definition) is 1. The van der Waals surface area contributed by atoms with E-state index in [1.807, 2.05) is 19.1 Å². The molecule has 0 aromatic heterocycles. The predicted molar refractivity (Wildman–Crippen MR) is 35.4 cm³/mol. The second-order valence-corrected chi connectivity index (χ2v) is 1.88. The molecule has 0 rings (SSSR count). The Kier molecular flexibility index (Phi) is 4.67. The summed E-state index contributed by atoms with van der Waals surface area (Å²) < 4.78 is 0. The largest absolute Gasteiger partial charge is 0.396 e. The molecular formula is C7H13O. The molecule has 0 amide bonds. The van der Waals surface area contributed by atoms with Gasteiger partial charge in [-0.1, -0.05) is 19.1 Å². The predicted octanol–water partition coefficient (Wildman–Crippen LogP) is 1.40. The average Bonchev–Trinajstić information content (AvgIpc) is 1.83. The summed E-state index contributed by atoms with van der Waals surface area (Å²) in [4.78, 5) is 0. The Morgan fingerprint density at radius 2 is 2.38 bits per heavy atom. The minimum atomic E-state index is 0.233. The molecule has 0 aliphatic rings. The van der Waals surface area contributed by atoms with Crippen LogP contribution in [0.1, 0.15) is 13.3 Å². The summed E-state index contributed by atoms with van der Waals surface area (Å²) in [7, 11) is 0. The molecule has 1 N–H and O–H groups in total. The van der Waals surface area contributed by atoms with Crippen molar-refractivity contribution < 1.29 is 5.11 Å². The van der Waals surface area contributed by atoms with Gasteiger partial charge < -0.3 is 5.11 Å². The van der Waals surface area contributed by atoms with Gasteiger partial charge in [0, 0.05) is 6.61 Å². The quantitative estimate of drug-likeness (QED) is 0.548. The zero-order valence-electron chi connectivity index (χ0n) is 5.30. The molecule has 0 aromatic rings. The van der Waals surface area contributed by atoms with Gasteiger partial charge in [-0.15, -0.1) is 0 Å². The molecule has 1 heteroatoms. The number of aliphatic hydroxyl groups is 1. The fourth-order valence-corrected chi connectivity index (χ4v) is 0.389. The van der Waals surface area contributed by atoms with Crippen LogP contribution in [-0.4, -0.2) is 11.7 Å². The maximum Gasteiger partial charge on any atom is 0.0491 e. The Bertz CT molecular complexity index is 66.8. The van der Waals surface area contributed by atoms with Crippen molar-refractivity contribution in [3.63, 3.8) is 0 Å². The van der Waals surface area contributed by atoms with Crippen LogP contribution in [0.3, 0.4) is 0 Å². The highest BCUT2D eigenvalue weighted by Gasteiger charge is 1.88. The molecule has 0 fully saturated rings. The van der Waals surface area contributed by atoms with Gasteiger partial charge in [-0.25, -0.2) is 0 Å². The lowest BCUT2D eigenvalue weighted by Crippen LogP contribution is -1.94. The average molecular weight is 113 g/mol. The summed E-state index contributed by atoms with van der Waals surface area (Å²) >= 11 is 0. The van der Waals surface area contributed by atoms with Crippen LogP contribution in [-0.2, 0) is 0 Å². The smallest absolute Gasteiger partial charge is 0.0491 e. The lowest BCUT2D eigenvalue weighted by Gasteiger charge is -1.96. The van der Waals surface area contributed by atoms with E-state index >= 15 is 0 Å². The summed E-state index contributed by atoms with van der Waals surface area (Å²) in [5.74, 6) is 0.289. The van der Waals surface area contributed by atoms with Gasteiger partial charge in [0.1, 0.15) is 0 Å². The highest BCUT2D eigenvalue weighted by molar-refractivity contribution is 4.86. The van der Waals surface area contributed by atoms with E-state index in [0.29, 0.717) is 0 Å². The molecule has 0 heterocycles. The van der Waals surface area contributed by atoms with Crippen LogP contribution in [0.15, 0.2) is 12.2 Å². The fraction of sp³-hybridized carbons (Fsp3) is 0.571. The normalized spacial score (nSPS) is 14.9. The van der Waals surface area contributed by atoms with Crippen LogP contribution >= 0.6 is 0 Å². The Hall–Kier alpha value is -0.300. The molecule has 0 saturated carbocycles. The fourth-order valence-electron chi connectivity index (χ4n) is 0.389. The molecular weight excluding hydrogens is 100 g/mol. The number of hydrogen-bond donors (Lipinski definition) is 1. The lowest BCUT2D eigenvalue weighted by molar-refractivity contribution is 0.262. The molecule has 0 spiro atoms. The van der Waals surface area contributed by atoms with Gasteiger partial charge in [0.25, 0.3) is 0 Å². The monoisotopic (exact) mass is 113 g/mol. The third kappa shape index (κ3) is 3.88. The van der Waals surface area contributed by atoms with E-state index in [1.165, 1.54) is 0 Å². The first-order valence-electron chi connectivity index (χ1n) is 2.88. The van der Waals surface area contributed by atoms with Gasteiger partial charge in [-0.2, -0.15) is 0 Å². The van der Waals surface area contributed by atoms with Crippen LogP contribution in [0.25, 0.3) is 0 Å². The van der Waals surface area contributed by atoms with Gasteiger partial charge >= 0.3 is 0 Å². The van der Waals surface area contributed by atoms with Crippen LogP contribution in [0.4, 0.5) is 0 Å². The summed E-state index contributed by atoms with van der Waals surface area (Å²) in [6, 6.07) is 0. The molecule has 1 radical (unpaired) electrons. The van der Waals surface area contributed by atoms with Crippen molar-refractivity contribution in [3.8, 4) is 0 Å². The Labute approximate surface area is 51.0 Å². The molecule has 0 aromatic carbocycles. The summed E-state index contributed by atoms with van der Waals surface area (Å²) in [5, 5.41) is 8.49. The second kappa shape index (κ2) is 4.85. The van der Waals surface area contributed by atoms with E-state index in [4.69, 9.17) is 5.11 Å². The molecule has 0 aliphatic carbocycles. The Balaban J connectivity index is 3.21. The van der Waals surface area contributed by atoms with E-state index < -0.39 is 0 Å². The zero-order valence-corrected chi connectivity index (χ0v) is 5.30. The zero-order chi connectivity index (χ0) is 6.41. The molecule has 1 atom stereocenters. The molecule has 8 heavy (non-hydrogen) atoms. The van der Waals surface area contributed by atoms with E-state index in [-0.39, 0.29) is 12.5 Å². The third-order valence-corrected chi connectivity index (χ3v) is 0.919. The summed E-state index contributed by atoms with van der Waals surface area (Å²) in [6.07, 6.45) is 4.73. The molecule has 0 bridgehead atoms. The number of aliphatic hydroxyl groups excluding tert-OH is 1. The Morgan fingerprint density at radius 3 is 2.75 bits per heavy atom. The van der Waals surface area contributed by atoms with Gasteiger partial charge in [0.05, 0.1) is 0 Å². The first kappa shape index (κ1) is 7.70. The first-order valence-corrected chi connectivity index (χ1v) is 2.88. The van der Waals surface area contributed by atoms with Gasteiger partial charge in [-0.3, -0.25) is 0 Å². The van der Waals surface area contributed by atoms with Gasteiger partial charge in [-0.05, 0) is 19.3 Å². The number of allylic oxidation sites excluding steroid dienone is 1. The maximum atomic E-state index is 8.49. The lowest BCUT2D eigenvalue weighted by atomic mass is 10.2. The summed E-state index contributed by atoms with van der Waals surface area (Å²) in [6.45, 7) is 5.82.